The van der Waals surface area contributed by atoms with E-state index >= 15 is 0 Å². The molecule has 2 saturated heterocycles. The molecule has 22 heteroatoms. The van der Waals surface area contributed by atoms with Crippen LogP contribution in [0, 0.1) is 5.41 Å². The molecule has 0 unspecified atom stereocenters. The van der Waals surface area contributed by atoms with Crippen LogP contribution < -0.4 is 0 Å². The van der Waals surface area contributed by atoms with E-state index in [0.717, 1.165) is 33.3 Å². The molecular formula is C42H45Cl3N2O17. The van der Waals surface area contributed by atoms with Crippen molar-refractivity contribution < 1.29 is 80.9 Å². The Bertz CT molecular complexity index is 2090. The number of esters is 5. The van der Waals surface area contributed by atoms with Crippen molar-refractivity contribution in [2.45, 2.75) is 113 Å². The largest absolute Gasteiger partial charge is 0.459 e. The number of carbonyl (C=O) groups is 7. The molecule has 1 N–H and O–H groups in total. The number of rotatable bonds is 15. The Hall–Kier alpha value is -5.15. The quantitative estimate of drug-likeness (QED) is 0.0661. The van der Waals surface area contributed by atoms with Gasteiger partial charge in [0.25, 0.3) is 15.6 Å². The van der Waals surface area contributed by atoms with Crippen molar-refractivity contribution >= 4 is 82.4 Å². The normalized spacial score (nSPS) is 27.0. The molecule has 64 heavy (non-hydrogen) atoms. The molecule has 3 heterocycles. The first kappa shape index (κ1) is 49.9. The van der Waals surface area contributed by atoms with Gasteiger partial charge in [0.05, 0.1) is 18.8 Å². The van der Waals surface area contributed by atoms with E-state index in [1.54, 1.807) is 48.5 Å². The third-order valence-electron chi connectivity index (χ3n) is 9.92. The molecule has 0 aromatic heterocycles. The molecule has 0 radical (unpaired) electrons. The topological polar surface area (TPSA) is 239 Å². The van der Waals surface area contributed by atoms with Gasteiger partial charge in [-0.15, -0.1) is 0 Å². The van der Waals surface area contributed by atoms with Gasteiger partial charge in [-0.2, -0.15) is 0 Å². The molecule has 0 aliphatic carbocycles. The summed E-state index contributed by atoms with van der Waals surface area (Å²) < 4.78 is 56.7. The van der Waals surface area contributed by atoms with Crippen molar-refractivity contribution in [2.75, 3.05) is 13.2 Å². The van der Waals surface area contributed by atoms with E-state index in [1.807, 2.05) is 0 Å². The zero-order valence-corrected chi connectivity index (χ0v) is 37.5. The Morgan fingerprint density at radius 2 is 1.12 bits per heavy atom. The molecule has 3 aliphatic rings. The van der Waals surface area contributed by atoms with Gasteiger partial charge < -0.3 is 47.4 Å². The highest BCUT2D eigenvalue weighted by Crippen LogP contribution is 2.39. The monoisotopic (exact) mass is 954 g/mol. The fourth-order valence-corrected chi connectivity index (χ4v) is 7.18. The lowest BCUT2D eigenvalue weighted by atomic mass is 9.93. The fraction of sp³-hybridized carbons (Fsp3) is 0.476. The van der Waals surface area contributed by atoms with Crippen LogP contribution >= 0.6 is 34.8 Å². The molecule has 0 bridgehead atoms. The van der Waals surface area contributed by atoms with E-state index in [4.69, 9.17) is 87.6 Å². The minimum Gasteiger partial charge on any atom is -0.459 e. The van der Waals surface area contributed by atoms with Crippen molar-refractivity contribution in [3.63, 3.8) is 0 Å². The number of halogens is 3. The molecule has 19 nitrogen and oxygen atoms in total. The van der Waals surface area contributed by atoms with E-state index in [9.17, 15) is 33.6 Å². The summed E-state index contributed by atoms with van der Waals surface area (Å²) >= 11 is 18.0. The number of nitrogens with zero attached hydrogens (tertiary/aromatic N) is 1. The average molecular weight is 956 g/mol. The van der Waals surface area contributed by atoms with Crippen molar-refractivity contribution in [1.29, 1.82) is 5.41 Å². The lowest BCUT2D eigenvalue weighted by molar-refractivity contribution is -0.350. The van der Waals surface area contributed by atoms with Gasteiger partial charge in [-0.1, -0.05) is 83.3 Å². The summed E-state index contributed by atoms with van der Waals surface area (Å²) in [6, 6.07) is 14.8. The average Bonchev–Trinajstić information content (AvgIpc) is 3.41. The summed E-state index contributed by atoms with van der Waals surface area (Å²) in [6.07, 6.45) is -15.6. The Balaban J connectivity index is 1.65. The van der Waals surface area contributed by atoms with E-state index in [1.165, 1.54) is 26.0 Å². The Kier molecular flexibility index (Phi) is 16.9. The van der Waals surface area contributed by atoms with Crippen molar-refractivity contribution in [3.8, 4) is 0 Å². The van der Waals surface area contributed by atoms with E-state index in [-0.39, 0.29) is 29.9 Å². The third kappa shape index (κ3) is 12.3. The summed E-state index contributed by atoms with van der Waals surface area (Å²) in [4.78, 5) is 92.9. The molecule has 0 saturated carbocycles. The zero-order chi connectivity index (χ0) is 47.0. The number of hydrogen-bond acceptors (Lipinski definition) is 18. The highest BCUT2D eigenvalue weighted by Gasteiger charge is 2.60. The maximum atomic E-state index is 13.9. The van der Waals surface area contributed by atoms with E-state index in [0.29, 0.717) is 4.90 Å². The van der Waals surface area contributed by atoms with Crippen LogP contribution in [0.3, 0.4) is 0 Å². The molecule has 2 aromatic carbocycles. The van der Waals surface area contributed by atoms with Crippen LogP contribution in [-0.4, -0.2) is 131 Å². The summed E-state index contributed by atoms with van der Waals surface area (Å²) in [6.45, 7) is 5.79. The van der Waals surface area contributed by atoms with Crippen LogP contribution in [0.2, 0.25) is 0 Å². The SMILES string of the molecule is CC(=O)O[C@H]1[C@@H](OC(C)=O)[C@@H](COCc2ccccc2)O[C@@H](O[C@H]2[C@H](OC(C)=O)[C@@H](N3C(=O)C(C)=C(C)C3=O)[C@H](OC(=N)C(Cl)(Cl)Cl)O[C@@H]2COC(=O)c2ccccc2)[C@@H]1OC(C)=O. The van der Waals surface area contributed by atoms with Gasteiger partial charge in [0, 0.05) is 38.8 Å². The summed E-state index contributed by atoms with van der Waals surface area (Å²) in [7, 11) is 0. The van der Waals surface area contributed by atoms with Gasteiger partial charge in [-0.25, -0.2) is 4.79 Å². The highest BCUT2D eigenvalue weighted by molar-refractivity contribution is 6.76. The van der Waals surface area contributed by atoms with Gasteiger partial charge in [0.1, 0.15) is 31.0 Å². The first-order valence-electron chi connectivity index (χ1n) is 19.5. The number of alkyl halides is 3. The predicted molar refractivity (Wildman–Crippen MR) is 220 cm³/mol. The maximum Gasteiger partial charge on any atom is 0.338 e. The van der Waals surface area contributed by atoms with Crippen LogP contribution in [0.5, 0.6) is 0 Å². The number of hydrogen-bond donors (Lipinski definition) is 1. The van der Waals surface area contributed by atoms with Gasteiger partial charge in [0.15, 0.2) is 30.7 Å². The summed E-state index contributed by atoms with van der Waals surface area (Å²) in [5.74, 6) is -7.43. The summed E-state index contributed by atoms with van der Waals surface area (Å²) in [5, 5.41) is 8.42. The lowest BCUT2D eigenvalue weighted by Crippen LogP contribution is -2.70. The van der Waals surface area contributed by atoms with Crippen molar-refractivity contribution in [3.05, 3.63) is 82.9 Å². The standard InChI is InChI=1S/C42H45Cl3N2O17/c1-20-21(2)37(53)47(36(20)52)30-33(58-23(4)49)31(29(61-39(30)64-41(46)42(43,44)45)19-56-38(54)27-15-11-8-12-16-27)63-40-35(60-25(6)51)34(59-24(5)50)32(57-22(3)48)28(62-40)18-55-17-26-13-9-7-10-14-26/h7-16,28-35,39-40,46H,17-19H2,1-6H3/t28-,29-,30-,31-,32+,33-,34+,35-,39+,40+/m1/s1. The molecule has 10 atom stereocenters. The molecule has 2 aromatic rings. The molecule has 5 rings (SSSR count). The number of carbonyl (C=O) groups excluding carboxylic acids is 7. The van der Waals surface area contributed by atoms with Crippen LogP contribution in [0.25, 0.3) is 0 Å². The second kappa shape index (κ2) is 21.7. The van der Waals surface area contributed by atoms with Crippen LogP contribution in [0.4, 0.5) is 0 Å². The number of amides is 2. The van der Waals surface area contributed by atoms with E-state index in [2.05, 4.69) is 0 Å². The zero-order valence-electron chi connectivity index (χ0n) is 35.2. The molecular weight excluding hydrogens is 911 g/mol. The van der Waals surface area contributed by atoms with Crippen molar-refractivity contribution in [1.82, 2.24) is 4.90 Å². The minimum atomic E-state index is -2.54. The first-order chi connectivity index (χ1) is 30.2. The lowest BCUT2D eigenvalue weighted by Gasteiger charge is -2.50. The maximum absolute atomic E-state index is 13.9. The second-order valence-corrected chi connectivity index (χ2v) is 16.9. The van der Waals surface area contributed by atoms with Crippen LogP contribution in [-0.2, 0) is 82.7 Å². The first-order valence-corrected chi connectivity index (χ1v) is 20.7. The fourth-order valence-electron chi connectivity index (χ4n) is 7.05. The Labute approximate surface area is 381 Å². The Morgan fingerprint density at radius 1 is 0.641 bits per heavy atom. The van der Waals surface area contributed by atoms with Gasteiger partial charge in [-0.05, 0) is 31.5 Å². The van der Waals surface area contributed by atoms with Crippen LogP contribution in [0.1, 0.15) is 57.5 Å². The van der Waals surface area contributed by atoms with Crippen LogP contribution in [0.15, 0.2) is 71.8 Å². The number of benzene rings is 2. The molecule has 3 aliphatic heterocycles. The van der Waals surface area contributed by atoms with Gasteiger partial charge >= 0.3 is 29.8 Å². The van der Waals surface area contributed by atoms with Crippen molar-refractivity contribution in [2.24, 2.45) is 0 Å². The third-order valence-corrected chi connectivity index (χ3v) is 10.4. The number of nitrogens with one attached hydrogen (secondary N) is 1. The van der Waals surface area contributed by atoms with Gasteiger partial charge in [-0.3, -0.25) is 39.1 Å². The number of ether oxygens (including phenoxy) is 10. The molecule has 2 fully saturated rings. The molecule has 346 valence electrons. The highest BCUT2D eigenvalue weighted by atomic mass is 35.6. The molecule has 0 spiro atoms. The number of imide groups is 1. The smallest absolute Gasteiger partial charge is 0.338 e. The van der Waals surface area contributed by atoms with Gasteiger partial charge in [0.2, 0.25) is 12.2 Å². The molecule has 2 amide bonds. The Morgan fingerprint density at radius 3 is 1.67 bits per heavy atom. The minimum absolute atomic E-state index is 0.0113. The van der Waals surface area contributed by atoms with E-state index < -0.39 is 119 Å². The summed E-state index contributed by atoms with van der Waals surface area (Å²) in [5.41, 5.74) is 0.828. The predicted octanol–water partition coefficient (Wildman–Crippen LogP) is 4.06. The second-order valence-electron chi connectivity index (χ2n) is 14.6.